The summed E-state index contributed by atoms with van der Waals surface area (Å²) in [6.45, 7) is 3.35. The van der Waals surface area contributed by atoms with Crippen molar-refractivity contribution in [1.82, 2.24) is 26.1 Å². The van der Waals surface area contributed by atoms with E-state index < -0.39 is 0 Å². The number of benzene rings is 2. The van der Waals surface area contributed by atoms with Crippen LogP contribution in [0.15, 0.2) is 48.5 Å². The van der Waals surface area contributed by atoms with Gasteiger partial charge in [0.2, 0.25) is 11.8 Å². The number of carbonyl (C=O) groups excluding carboxylic acids is 4. The quantitative estimate of drug-likeness (QED) is 0.124. The summed E-state index contributed by atoms with van der Waals surface area (Å²) in [6.07, 6.45) is 7.91. The molecule has 4 rings (SSSR count). The Balaban J connectivity index is 0.000000266. The van der Waals surface area contributed by atoms with E-state index in [-0.39, 0.29) is 23.9 Å². The molecular weight excluding hydrogens is 650 g/mol. The first-order valence-electron chi connectivity index (χ1n) is 17.0. The van der Waals surface area contributed by atoms with Gasteiger partial charge >= 0.3 is 12.1 Å². The Labute approximate surface area is 294 Å². The van der Waals surface area contributed by atoms with Crippen LogP contribution in [0, 0.1) is 11.8 Å². The van der Waals surface area contributed by atoms with Crippen LogP contribution in [0.25, 0.3) is 0 Å². The van der Waals surface area contributed by atoms with Crippen molar-refractivity contribution in [3.05, 3.63) is 59.1 Å². The maximum absolute atomic E-state index is 12.4. The van der Waals surface area contributed by atoms with Gasteiger partial charge in [0, 0.05) is 76.1 Å². The molecule has 0 bridgehead atoms. The summed E-state index contributed by atoms with van der Waals surface area (Å²) in [7, 11) is 3.96. The highest BCUT2D eigenvalue weighted by Crippen LogP contribution is 2.25. The van der Waals surface area contributed by atoms with Gasteiger partial charge < -0.3 is 25.3 Å². The van der Waals surface area contributed by atoms with Crippen LogP contribution in [0.1, 0.15) is 69.8 Å². The number of piperidine rings is 2. The third-order valence-electron chi connectivity index (χ3n) is 9.11. The number of nitrogens with zero attached hydrogens (tertiary/aromatic N) is 3. The summed E-state index contributed by atoms with van der Waals surface area (Å²) in [5.74, 6) is 0.391. The van der Waals surface area contributed by atoms with Crippen molar-refractivity contribution in [1.29, 1.82) is 0 Å². The second kappa shape index (κ2) is 21.1. The number of amides is 6. The van der Waals surface area contributed by atoms with Crippen molar-refractivity contribution in [2.24, 2.45) is 11.8 Å². The molecule has 2 aromatic rings. The second-order valence-electron chi connectivity index (χ2n) is 12.8. The van der Waals surface area contributed by atoms with E-state index in [1.165, 1.54) is 0 Å². The van der Waals surface area contributed by atoms with Crippen LogP contribution in [0.5, 0.6) is 0 Å². The Morgan fingerprint density at radius 2 is 1.24 bits per heavy atom. The van der Waals surface area contributed by atoms with Gasteiger partial charge in [-0.2, -0.15) is 0 Å². The number of likely N-dealkylation sites (tertiary alicyclic amines) is 2. The molecule has 2 heterocycles. The van der Waals surface area contributed by atoms with Gasteiger partial charge in [0.05, 0.1) is 0 Å². The SMILES string of the molecule is CN(C)c1ccc(NC(=O)N2CCC(CCCC(=O)NO)CC2)cc1.O=C(CCCC1CCN(C(=O)NCc2ccccc2Cl)CC1)NO. The fourth-order valence-electron chi connectivity index (χ4n) is 6.03. The molecule has 0 aromatic heterocycles. The van der Waals surface area contributed by atoms with E-state index in [2.05, 4.69) is 10.6 Å². The lowest BCUT2D eigenvalue weighted by atomic mass is 9.91. The zero-order chi connectivity index (χ0) is 35.6. The monoisotopic (exact) mass is 701 g/mol. The molecule has 2 aromatic carbocycles. The van der Waals surface area contributed by atoms with E-state index in [0.717, 1.165) is 94.5 Å². The van der Waals surface area contributed by atoms with E-state index in [1.807, 2.05) is 77.3 Å². The first-order chi connectivity index (χ1) is 23.6. The smallest absolute Gasteiger partial charge is 0.321 e. The Kier molecular flexibility index (Phi) is 17.0. The molecule has 2 aliphatic rings. The van der Waals surface area contributed by atoms with Crippen LogP contribution < -0.4 is 26.5 Å². The maximum atomic E-state index is 12.4. The molecule has 0 unspecified atom stereocenters. The van der Waals surface area contributed by atoms with Crippen LogP contribution in [-0.2, 0) is 16.1 Å². The summed E-state index contributed by atoms with van der Waals surface area (Å²) in [5.41, 5.74) is 6.10. The predicted octanol–water partition coefficient (Wildman–Crippen LogP) is 5.61. The molecule has 2 saturated heterocycles. The van der Waals surface area contributed by atoms with Crippen LogP contribution in [0.4, 0.5) is 21.0 Å². The van der Waals surface area contributed by atoms with Crippen LogP contribution >= 0.6 is 11.6 Å². The third kappa shape index (κ3) is 14.1. The normalized spacial score (nSPS) is 15.0. The average Bonchev–Trinajstić information content (AvgIpc) is 3.12. The number of anilines is 2. The Bertz CT molecular complexity index is 1330. The lowest BCUT2D eigenvalue weighted by Crippen LogP contribution is -2.44. The van der Waals surface area contributed by atoms with Crippen molar-refractivity contribution in [3.63, 3.8) is 0 Å². The molecule has 6 amide bonds. The lowest BCUT2D eigenvalue weighted by Gasteiger charge is -2.32. The number of rotatable bonds is 12. The molecule has 270 valence electrons. The van der Waals surface area contributed by atoms with Crippen LogP contribution in [0.2, 0.25) is 5.02 Å². The van der Waals surface area contributed by atoms with Crippen molar-refractivity contribution < 1.29 is 29.6 Å². The summed E-state index contributed by atoms with van der Waals surface area (Å²) in [5, 5.41) is 23.5. The molecular formula is C35H52ClN7O6. The molecule has 0 radical (unpaired) electrons. The van der Waals surface area contributed by atoms with Gasteiger partial charge in [-0.1, -0.05) is 29.8 Å². The summed E-state index contributed by atoms with van der Waals surface area (Å²) in [6, 6.07) is 15.1. The van der Waals surface area contributed by atoms with Gasteiger partial charge in [0.1, 0.15) is 0 Å². The van der Waals surface area contributed by atoms with Crippen LogP contribution in [0.3, 0.4) is 0 Å². The molecule has 2 fully saturated rings. The van der Waals surface area contributed by atoms with Crippen LogP contribution in [-0.4, -0.2) is 84.4 Å². The fraction of sp³-hybridized carbons (Fsp3) is 0.543. The number of hydroxylamine groups is 2. The van der Waals surface area contributed by atoms with Gasteiger partial charge in [-0.05, 0) is 99.1 Å². The minimum atomic E-state index is -0.341. The minimum Gasteiger partial charge on any atom is -0.378 e. The Morgan fingerprint density at radius 3 is 1.71 bits per heavy atom. The van der Waals surface area contributed by atoms with E-state index in [0.29, 0.717) is 36.2 Å². The van der Waals surface area contributed by atoms with Crippen molar-refractivity contribution >= 4 is 46.9 Å². The predicted molar refractivity (Wildman–Crippen MR) is 190 cm³/mol. The van der Waals surface area contributed by atoms with E-state index in [1.54, 1.807) is 11.0 Å². The van der Waals surface area contributed by atoms with Gasteiger partial charge in [-0.15, -0.1) is 0 Å². The number of urea groups is 2. The molecule has 0 spiro atoms. The highest BCUT2D eigenvalue weighted by Gasteiger charge is 2.24. The summed E-state index contributed by atoms with van der Waals surface area (Å²) < 4.78 is 0. The zero-order valence-electron chi connectivity index (χ0n) is 28.6. The Morgan fingerprint density at radius 1 is 0.755 bits per heavy atom. The molecule has 0 saturated carbocycles. The maximum Gasteiger partial charge on any atom is 0.321 e. The zero-order valence-corrected chi connectivity index (χ0v) is 29.4. The molecule has 0 aliphatic carbocycles. The second-order valence-corrected chi connectivity index (χ2v) is 13.2. The largest absolute Gasteiger partial charge is 0.378 e. The summed E-state index contributed by atoms with van der Waals surface area (Å²) >= 11 is 6.08. The van der Waals surface area contributed by atoms with Crippen molar-refractivity contribution in [2.75, 3.05) is 50.5 Å². The third-order valence-corrected chi connectivity index (χ3v) is 9.48. The molecule has 6 N–H and O–H groups in total. The Hall–Kier alpha value is -4.07. The molecule has 14 heteroatoms. The molecule has 0 atom stereocenters. The van der Waals surface area contributed by atoms with Crippen molar-refractivity contribution in [2.45, 2.75) is 70.8 Å². The van der Waals surface area contributed by atoms with Crippen molar-refractivity contribution in [3.8, 4) is 0 Å². The topological polar surface area (TPSA) is 167 Å². The first kappa shape index (κ1) is 39.4. The highest BCUT2D eigenvalue weighted by molar-refractivity contribution is 6.31. The first-order valence-corrected chi connectivity index (χ1v) is 17.4. The number of hydrogen-bond acceptors (Lipinski definition) is 7. The number of carbonyl (C=O) groups is 4. The van der Waals surface area contributed by atoms with Gasteiger partial charge in [-0.25, -0.2) is 20.5 Å². The average molecular weight is 702 g/mol. The van der Waals surface area contributed by atoms with E-state index in [9.17, 15) is 19.2 Å². The molecule has 13 nitrogen and oxygen atoms in total. The molecule has 2 aliphatic heterocycles. The van der Waals surface area contributed by atoms with E-state index >= 15 is 0 Å². The number of nitrogens with one attached hydrogen (secondary N) is 4. The lowest BCUT2D eigenvalue weighted by molar-refractivity contribution is -0.130. The number of halogens is 1. The number of hydrogen-bond donors (Lipinski definition) is 6. The summed E-state index contributed by atoms with van der Waals surface area (Å²) in [4.78, 5) is 52.2. The minimum absolute atomic E-state index is 0.0595. The highest BCUT2D eigenvalue weighted by atomic mass is 35.5. The van der Waals surface area contributed by atoms with Gasteiger partial charge in [0.25, 0.3) is 0 Å². The van der Waals surface area contributed by atoms with Gasteiger partial charge in [0.15, 0.2) is 0 Å². The molecule has 49 heavy (non-hydrogen) atoms. The fourth-order valence-corrected chi connectivity index (χ4v) is 6.24. The standard InChI is InChI=1S/C18H28N4O3.C17H24ClN3O3/c1-21(2)16-8-6-15(7-9-16)19-18(24)22-12-10-14(11-13-22)4-3-5-17(23)20-25;18-15-6-2-1-5-14(15)12-19-17(23)21-10-8-13(9-11-21)4-3-7-16(22)20-24/h6-9,14,25H,3-5,10-13H2,1-2H3,(H,19,24)(H,20,23);1-2,5-6,13,24H,3-4,7-12H2,(H,19,23)(H,20,22). The van der Waals surface area contributed by atoms with E-state index in [4.69, 9.17) is 22.0 Å². The van der Waals surface area contributed by atoms with Gasteiger partial charge in [-0.3, -0.25) is 20.0 Å².